The molecule has 1 heterocycles. The van der Waals surface area contributed by atoms with Crippen molar-refractivity contribution >= 4 is 11.6 Å². The molecule has 1 aliphatic rings. The zero-order valence-electron chi connectivity index (χ0n) is 14.2. The molecule has 2 rings (SSSR count). The number of ether oxygens (including phenoxy) is 3. The molecule has 12 heteroatoms. The maximum absolute atomic E-state index is 13.0. The summed E-state index contributed by atoms with van der Waals surface area (Å²) in [6.07, 6.45) is -8.37. The highest BCUT2D eigenvalue weighted by atomic mass is 19.4. The van der Waals surface area contributed by atoms with Crippen LogP contribution in [0.2, 0.25) is 0 Å². The molecule has 1 fully saturated rings. The van der Waals surface area contributed by atoms with Crippen LogP contribution in [0.5, 0.6) is 11.5 Å². The number of halogens is 7. The Kier molecular flexibility index (Phi) is 6.96. The minimum atomic E-state index is -4.68. The molecule has 0 aliphatic carbocycles. The number of hydrogen-bond acceptors (Lipinski definition) is 4. The summed E-state index contributed by atoms with van der Waals surface area (Å²) >= 11 is 0. The van der Waals surface area contributed by atoms with E-state index < -0.39 is 55.2 Å². The van der Waals surface area contributed by atoms with E-state index in [1.165, 1.54) is 0 Å². The number of hydrogen-bond donors (Lipinski definition) is 1. The molecule has 1 N–H and O–H groups in total. The third kappa shape index (κ3) is 6.73. The Labute approximate surface area is 154 Å². The molecule has 0 bridgehead atoms. The third-order valence-electron chi connectivity index (χ3n) is 3.52. The Balaban J connectivity index is 2.16. The normalized spacial score (nSPS) is 17.6. The number of rotatable bonds is 8. The van der Waals surface area contributed by atoms with E-state index in [9.17, 15) is 35.5 Å². The van der Waals surface area contributed by atoms with Crippen molar-refractivity contribution in [3.8, 4) is 11.5 Å². The fourth-order valence-corrected chi connectivity index (χ4v) is 2.23. The van der Waals surface area contributed by atoms with E-state index in [1.54, 1.807) is 0 Å². The van der Waals surface area contributed by atoms with Crippen molar-refractivity contribution in [3.05, 3.63) is 18.2 Å². The number of alkyl halides is 7. The van der Waals surface area contributed by atoms with E-state index >= 15 is 0 Å². The smallest absolute Gasteiger partial charge is 0.422 e. The van der Waals surface area contributed by atoms with Gasteiger partial charge >= 0.3 is 18.5 Å². The van der Waals surface area contributed by atoms with Gasteiger partial charge < -0.3 is 19.5 Å². The van der Waals surface area contributed by atoms with Gasteiger partial charge in [0, 0.05) is 30.5 Å². The summed E-state index contributed by atoms with van der Waals surface area (Å²) in [7, 11) is 0. The topological polar surface area (TPSA) is 56.8 Å². The SMILES string of the molecule is O=C(Nc1cc(OCC(F)(F)F)cc(OCC(F)(F)C(F)F)c1)[C@@H]1CCCO1. The average Bonchev–Trinajstić information content (AvgIpc) is 3.12. The molecule has 28 heavy (non-hydrogen) atoms. The third-order valence-corrected chi connectivity index (χ3v) is 3.52. The van der Waals surface area contributed by atoms with Crippen molar-refractivity contribution in [1.29, 1.82) is 0 Å². The van der Waals surface area contributed by atoms with Crippen LogP contribution in [-0.4, -0.2) is 50.4 Å². The number of anilines is 1. The first kappa shape index (κ1) is 22.1. The molecule has 1 aromatic carbocycles. The van der Waals surface area contributed by atoms with Crippen molar-refractivity contribution in [2.75, 3.05) is 25.1 Å². The van der Waals surface area contributed by atoms with E-state index in [0.29, 0.717) is 19.4 Å². The molecule has 1 aliphatic heterocycles. The summed E-state index contributed by atoms with van der Waals surface area (Å²) in [6, 6.07) is 2.82. The predicted octanol–water partition coefficient (Wildman–Crippen LogP) is 4.02. The number of amides is 1. The van der Waals surface area contributed by atoms with Crippen LogP contribution >= 0.6 is 0 Å². The van der Waals surface area contributed by atoms with E-state index in [2.05, 4.69) is 14.8 Å². The molecular weight excluding hydrogens is 403 g/mol. The Morgan fingerprint density at radius 3 is 2.21 bits per heavy atom. The number of nitrogens with one attached hydrogen (secondary N) is 1. The fourth-order valence-electron chi connectivity index (χ4n) is 2.23. The van der Waals surface area contributed by atoms with E-state index in [0.717, 1.165) is 18.2 Å². The summed E-state index contributed by atoms with van der Waals surface area (Å²) in [6.45, 7) is -3.04. The number of benzene rings is 1. The second-order valence-corrected chi connectivity index (χ2v) is 5.94. The second-order valence-electron chi connectivity index (χ2n) is 5.94. The lowest BCUT2D eigenvalue weighted by Gasteiger charge is -2.18. The van der Waals surface area contributed by atoms with Gasteiger partial charge in [-0.3, -0.25) is 4.79 Å². The van der Waals surface area contributed by atoms with Crippen molar-refractivity contribution in [1.82, 2.24) is 0 Å². The highest BCUT2D eigenvalue weighted by Crippen LogP contribution is 2.30. The molecule has 0 aromatic heterocycles. The Hall–Kier alpha value is -2.24. The molecule has 1 saturated heterocycles. The van der Waals surface area contributed by atoms with Gasteiger partial charge in [-0.1, -0.05) is 0 Å². The van der Waals surface area contributed by atoms with Crippen LogP contribution < -0.4 is 14.8 Å². The zero-order chi connectivity index (χ0) is 20.9. The zero-order valence-corrected chi connectivity index (χ0v) is 14.2. The standard InChI is InChI=1S/C16H16F7NO4/c17-14(18)15(19,20)7-27-10-4-9(24-13(25)12-2-1-3-26-12)5-11(6-10)28-8-16(21,22)23/h4-6,12,14H,1-3,7-8H2,(H,24,25)/t12-/m0/s1. The maximum atomic E-state index is 13.0. The van der Waals surface area contributed by atoms with Crippen LogP contribution in [0.1, 0.15) is 12.8 Å². The lowest BCUT2D eigenvalue weighted by Crippen LogP contribution is -2.33. The summed E-state index contributed by atoms with van der Waals surface area (Å²) in [5.74, 6) is -6.01. The van der Waals surface area contributed by atoms with E-state index in [1.807, 2.05) is 0 Å². The van der Waals surface area contributed by atoms with Crippen LogP contribution in [0.25, 0.3) is 0 Å². The van der Waals surface area contributed by atoms with Crippen LogP contribution in [0.4, 0.5) is 36.4 Å². The molecule has 0 unspecified atom stereocenters. The van der Waals surface area contributed by atoms with Crippen LogP contribution in [0.3, 0.4) is 0 Å². The lowest BCUT2D eigenvalue weighted by atomic mass is 10.2. The first-order valence-corrected chi connectivity index (χ1v) is 8.02. The maximum Gasteiger partial charge on any atom is 0.422 e. The van der Waals surface area contributed by atoms with Crippen LogP contribution in [0, 0.1) is 0 Å². The summed E-state index contributed by atoms with van der Waals surface area (Å²) < 4.78 is 102. The van der Waals surface area contributed by atoms with Crippen LogP contribution in [0.15, 0.2) is 18.2 Å². The summed E-state index contributed by atoms with van der Waals surface area (Å²) in [4.78, 5) is 12.0. The first-order valence-electron chi connectivity index (χ1n) is 8.02. The lowest BCUT2D eigenvalue weighted by molar-refractivity contribution is -0.153. The molecule has 158 valence electrons. The molecular formula is C16H16F7NO4. The predicted molar refractivity (Wildman–Crippen MR) is 82.0 cm³/mol. The quantitative estimate of drug-likeness (QED) is 0.647. The van der Waals surface area contributed by atoms with Gasteiger partial charge in [0.1, 0.15) is 17.6 Å². The van der Waals surface area contributed by atoms with Gasteiger partial charge in [0.25, 0.3) is 5.91 Å². The average molecular weight is 419 g/mol. The molecule has 0 radical (unpaired) electrons. The Morgan fingerprint density at radius 2 is 1.71 bits per heavy atom. The summed E-state index contributed by atoms with van der Waals surface area (Å²) in [5, 5.41) is 2.34. The van der Waals surface area contributed by atoms with Gasteiger partial charge in [0.05, 0.1) is 0 Å². The molecule has 0 spiro atoms. The summed E-state index contributed by atoms with van der Waals surface area (Å²) in [5.41, 5.74) is -0.129. The van der Waals surface area contributed by atoms with Gasteiger partial charge in [0.2, 0.25) is 0 Å². The van der Waals surface area contributed by atoms with Crippen molar-refractivity contribution in [2.45, 2.75) is 37.5 Å². The molecule has 5 nitrogen and oxygen atoms in total. The van der Waals surface area contributed by atoms with Gasteiger partial charge in [-0.05, 0) is 12.8 Å². The van der Waals surface area contributed by atoms with Crippen molar-refractivity contribution in [3.63, 3.8) is 0 Å². The number of carbonyl (C=O) groups is 1. The first-order chi connectivity index (χ1) is 13.0. The Bertz CT molecular complexity index is 675. The monoisotopic (exact) mass is 419 g/mol. The molecule has 1 atom stereocenters. The highest BCUT2D eigenvalue weighted by molar-refractivity contribution is 5.94. The minimum absolute atomic E-state index is 0.129. The van der Waals surface area contributed by atoms with E-state index in [-0.39, 0.29) is 5.69 Å². The van der Waals surface area contributed by atoms with Crippen LogP contribution in [-0.2, 0) is 9.53 Å². The Morgan fingerprint density at radius 1 is 1.11 bits per heavy atom. The van der Waals surface area contributed by atoms with Gasteiger partial charge in [-0.25, -0.2) is 8.78 Å². The molecule has 1 aromatic rings. The van der Waals surface area contributed by atoms with Crippen molar-refractivity contribution < 1.29 is 49.7 Å². The second kappa shape index (κ2) is 8.84. The fraction of sp³-hybridized carbons (Fsp3) is 0.562. The minimum Gasteiger partial charge on any atom is -0.487 e. The van der Waals surface area contributed by atoms with Gasteiger partial charge in [-0.15, -0.1) is 0 Å². The van der Waals surface area contributed by atoms with Gasteiger partial charge in [-0.2, -0.15) is 22.0 Å². The van der Waals surface area contributed by atoms with E-state index in [4.69, 9.17) is 4.74 Å². The number of carbonyl (C=O) groups excluding carboxylic acids is 1. The molecule has 0 saturated carbocycles. The van der Waals surface area contributed by atoms with Gasteiger partial charge in [0.15, 0.2) is 13.2 Å². The largest absolute Gasteiger partial charge is 0.487 e. The van der Waals surface area contributed by atoms with Crippen molar-refractivity contribution in [2.24, 2.45) is 0 Å². The highest BCUT2D eigenvalue weighted by Gasteiger charge is 2.41. The molecule has 1 amide bonds.